The van der Waals surface area contributed by atoms with Crippen molar-refractivity contribution in [1.82, 2.24) is 9.97 Å². The van der Waals surface area contributed by atoms with E-state index in [9.17, 15) is 24.9 Å². The first-order chi connectivity index (χ1) is 14.8. The topological polar surface area (TPSA) is 156 Å². The van der Waals surface area contributed by atoms with Crippen molar-refractivity contribution in [1.29, 1.82) is 0 Å². The number of nitrogens with zero attached hydrogens (tertiary/aromatic N) is 1. The van der Waals surface area contributed by atoms with E-state index in [0.29, 0.717) is 22.0 Å². The van der Waals surface area contributed by atoms with E-state index >= 15 is 0 Å². The first kappa shape index (κ1) is 20.2. The number of carbonyl (C=O) groups is 1. The third-order valence-corrected chi connectivity index (χ3v) is 4.95. The van der Waals surface area contributed by atoms with Gasteiger partial charge in [-0.3, -0.25) is 9.78 Å². The van der Waals surface area contributed by atoms with Crippen molar-refractivity contribution in [3.63, 3.8) is 0 Å². The molecule has 0 saturated carbocycles. The number of carbonyl (C=O) groups excluding carboxylic acids is 1. The van der Waals surface area contributed by atoms with Gasteiger partial charge in [0, 0.05) is 23.5 Å². The van der Waals surface area contributed by atoms with Crippen LogP contribution in [0.2, 0.25) is 1.41 Å². The predicted molar refractivity (Wildman–Crippen MR) is 111 cm³/mol. The average Bonchev–Trinajstić information content (AvgIpc) is 2.78. The van der Waals surface area contributed by atoms with E-state index < -0.39 is 31.0 Å². The number of pyridine rings is 2. The van der Waals surface area contributed by atoms with Crippen molar-refractivity contribution in [3.8, 4) is 11.1 Å². The van der Waals surface area contributed by atoms with Gasteiger partial charge in [-0.2, -0.15) is 0 Å². The number of aromatic nitrogens is 2. The number of aromatic amines is 1. The van der Waals surface area contributed by atoms with Crippen LogP contribution in [0.5, 0.6) is 0 Å². The van der Waals surface area contributed by atoms with E-state index in [1.165, 1.54) is 12.1 Å². The molecule has 0 fully saturated rings. The lowest BCUT2D eigenvalue weighted by molar-refractivity contribution is -0.117. The second kappa shape index (κ2) is 9.14. The number of rotatable bonds is 8. The number of aliphatic hydroxyl groups is 4. The van der Waals surface area contributed by atoms with Crippen molar-refractivity contribution in [2.75, 3.05) is 11.9 Å². The number of benzene rings is 1. The number of hydrogen-bond donors (Lipinski definition) is 6. The van der Waals surface area contributed by atoms with Crippen molar-refractivity contribution in [2.24, 2.45) is 0 Å². The molecule has 1 aromatic carbocycles. The molecule has 0 radical (unpaired) electrons. The first-order valence-corrected chi connectivity index (χ1v) is 9.25. The summed E-state index contributed by atoms with van der Waals surface area (Å²) in [7, 11) is 0. The Balaban J connectivity index is 2.00. The van der Waals surface area contributed by atoms with Crippen LogP contribution in [-0.4, -0.2) is 67.6 Å². The molecular formula is C21H23N3O6. The fourth-order valence-electron chi connectivity index (χ4n) is 3.30. The molecule has 2 aromatic heterocycles. The molecule has 0 amide bonds. The molecule has 4 atom stereocenters. The van der Waals surface area contributed by atoms with Crippen molar-refractivity contribution in [3.05, 3.63) is 58.6 Å². The second-order valence-corrected chi connectivity index (χ2v) is 6.91. The van der Waals surface area contributed by atoms with Gasteiger partial charge in [-0.1, -0.05) is 6.07 Å². The highest BCUT2D eigenvalue weighted by Gasteiger charge is 2.31. The molecule has 0 saturated heterocycles. The Morgan fingerprint density at radius 2 is 1.90 bits per heavy atom. The average molecular weight is 414 g/mol. The van der Waals surface area contributed by atoms with Crippen LogP contribution in [0.15, 0.2) is 47.5 Å². The predicted octanol–water partition coefficient (Wildman–Crippen LogP) is -0.0471. The molecule has 2 heterocycles. The number of aldehydes is 1. The summed E-state index contributed by atoms with van der Waals surface area (Å²) in [5.74, 6) is 0. The molecule has 6 N–H and O–H groups in total. The molecule has 9 nitrogen and oxygen atoms in total. The SMILES string of the molecule is [2H]N(c1ccc2c(C)c(-c3ccncc3)c(=O)[nH]c2c1)[C@@H](C=O)[C@@H](O)[C@H](O)[C@H](O)CO. The van der Waals surface area contributed by atoms with Crippen LogP contribution in [0.3, 0.4) is 0 Å². The summed E-state index contributed by atoms with van der Waals surface area (Å²) >= 11 is 0. The van der Waals surface area contributed by atoms with Gasteiger partial charge in [-0.15, -0.1) is 0 Å². The van der Waals surface area contributed by atoms with Crippen molar-refractivity contribution >= 4 is 22.9 Å². The summed E-state index contributed by atoms with van der Waals surface area (Å²) in [6.07, 6.45) is -1.90. The monoisotopic (exact) mass is 414 g/mol. The number of hydrogen-bond acceptors (Lipinski definition) is 8. The number of nitrogens with one attached hydrogen (secondary N) is 2. The summed E-state index contributed by atoms with van der Waals surface area (Å²) in [6.45, 7) is 0.980. The molecule has 0 aliphatic rings. The smallest absolute Gasteiger partial charge is 0.256 e. The minimum atomic E-state index is -1.83. The van der Waals surface area contributed by atoms with Gasteiger partial charge in [-0.05, 0) is 42.3 Å². The Morgan fingerprint density at radius 1 is 1.20 bits per heavy atom. The van der Waals surface area contributed by atoms with Crippen molar-refractivity contribution in [2.45, 2.75) is 31.3 Å². The summed E-state index contributed by atoms with van der Waals surface area (Å²) in [4.78, 5) is 31.0. The van der Waals surface area contributed by atoms with Crippen LogP contribution in [0.25, 0.3) is 22.0 Å². The zero-order chi connectivity index (χ0) is 22.7. The summed E-state index contributed by atoms with van der Waals surface area (Å²) in [6, 6.07) is 6.62. The Bertz CT molecular complexity index is 1120. The van der Waals surface area contributed by atoms with Gasteiger partial charge in [0.25, 0.3) is 5.56 Å². The molecule has 0 spiro atoms. The van der Waals surface area contributed by atoms with Crippen LogP contribution in [0.4, 0.5) is 5.69 Å². The minimum absolute atomic E-state index is 0.168. The zero-order valence-electron chi connectivity index (χ0n) is 17.1. The lowest BCUT2D eigenvalue weighted by atomic mass is 9.99. The number of anilines is 1. The fraction of sp³-hybridized carbons (Fsp3) is 0.286. The van der Waals surface area contributed by atoms with Gasteiger partial charge in [0.05, 0.1) is 17.7 Å². The van der Waals surface area contributed by atoms with Gasteiger partial charge in [0.15, 0.2) is 1.41 Å². The van der Waals surface area contributed by atoms with Gasteiger partial charge < -0.3 is 35.5 Å². The number of aryl methyl sites for hydroxylation is 1. The molecule has 30 heavy (non-hydrogen) atoms. The maximum Gasteiger partial charge on any atom is 0.256 e. The molecule has 0 unspecified atom stereocenters. The molecular weight excluding hydrogens is 390 g/mol. The lowest BCUT2D eigenvalue weighted by Crippen LogP contribution is -2.49. The number of fused-ring (bicyclic) bond motifs is 1. The van der Waals surface area contributed by atoms with E-state index in [4.69, 9.17) is 6.52 Å². The van der Waals surface area contributed by atoms with E-state index in [-0.39, 0.29) is 17.5 Å². The molecule has 3 rings (SSSR count). The van der Waals surface area contributed by atoms with E-state index in [1.54, 1.807) is 37.5 Å². The molecule has 3 aromatic rings. The highest BCUT2D eigenvalue weighted by Crippen LogP contribution is 2.27. The highest BCUT2D eigenvalue weighted by molar-refractivity contribution is 5.90. The fourth-order valence-corrected chi connectivity index (χ4v) is 3.30. The van der Waals surface area contributed by atoms with Crippen LogP contribution in [0.1, 0.15) is 5.56 Å². The summed E-state index contributed by atoms with van der Waals surface area (Å²) in [5, 5.41) is 39.9. The lowest BCUT2D eigenvalue weighted by Gasteiger charge is -2.27. The number of aliphatic hydroxyl groups excluding tert-OH is 4. The number of H-pyrrole nitrogens is 1. The Labute approximate surface area is 173 Å². The van der Waals surface area contributed by atoms with Crippen LogP contribution >= 0.6 is 0 Å². The molecule has 0 aliphatic heterocycles. The Hall–Kier alpha value is -3.11. The zero-order valence-corrected chi connectivity index (χ0v) is 16.1. The largest absolute Gasteiger partial charge is 0.394 e. The summed E-state index contributed by atoms with van der Waals surface area (Å²) < 4.78 is 8.24. The standard InChI is InChI=1S/C21H23N3O6/c1-11-14-3-2-13(23-16(9-25)19(28)20(29)17(27)10-26)8-15(14)24-21(30)18(11)12-4-6-22-7-5-12/h2-9,16-17,19-20,23,26-29H,10H2,1H3,(H,24,30)/t16-,17+,19+,20+/m0/s1/i/hD. The van der Waals surface area contributed by atoms with Gasteiger partial charge in [-0.25, -0.2) is 0 Å². The van der Waals surface area contributed by atoms with Crippen LogP contribution in [-0.2, 0) is 4.79 Å². The van der Waals surface area contributed by atoms with E-state index in [2.05, 4.69) is 9.97 Å². The molecule has 158 valence electrons. The van der Waals surface area contributed by atoms with Gasteiger partial charge >= 0.3 is 0 Å². The van der Waals surface area contributed by atoms with Gasteiger partial charge in [0.1, 0.15) is 30.6 Å². The normalized spacial score (nSPS) is 15.8. The molecule has 9 heteroatoms. The van der Waals surface area contributed by atoms with E-state index in [1.807, 2.05) is 0 Å². The third-order valence-electron chi connectivity index (χ3n) is 4.95. The van der Waals surface area contributed by atoms with Gasteiger partial charge in [0.2, 0.25) is 0 Å². The summed E-state index contributed by atoms with van der Waals surface area (Å²) in [5.41, 5.74) is 2.18. The molecule has 0 aliphatic carbocycles. The molecule has 0 bridgehead atoms. The highest BCUT2D eigenvalue weighted by atomic mass is 16.4. The van der Waals surface area contributed by atoms with Crippen molar-refractivity contribution < 1.29 is 26.6 Å². The maximum atomic E-state index is 12.7. The Kier molecular flexibility index (Phi) is 6.15. The van der Waals surface area contributed by atoms with Crippen LogP contribution in [0, 0.1) is 6.92 Å². The minimum Gasteiger partial charge on any atom is -0.394 e. The third kappa shape index (κ3) is 4.24. The Morgan fingerprint density at radius 3 is 2.53 bits per heavy atom. The first-order valence-electron chi connectivity index (χ1n) is 9.70. The van der Waals surface area contributed by atoms with E-state index in [0.717, 1.165) is 10.9 Å². The van der Waals surface area contributed by atoms with Crippen LogP contribution < -0.4 is 10.9 Å². The maximum absolute atomic E-state index is 12.7. The second-order valence-electron chi connectivity index (χ2n) is 6.91. The quantitative estimate of drug-likeness (QED) is 0.280.